The van der Waals surface area contributed by atoms with Crippen LogP contribution in [0.25, 0.3) is 0 Å². The first kappa shape index (κ1) is 15.4. The van der Waals surface area contributed by atoms with Gasteiger partial charge in [0.05, 0.1) is 5.69 Å². The van der Waals surface area contributed by atoms with Crippen LogP contribution in [-0.2, 0) is 0 Å². The maximum Gasteiger partial charge on any atom is 0.317 e. The molecule has 2 amide bonds. The highest BCUT2D eigenvalue weighted by Crippen LogP contribution is 2.28. The number of likely N-dealkylation sites (tertiary alicyclic amines) is 1. The van der Waals surface area contributed by atoms with Crippen LogP contribution >= 0.6 is 0 Å². The van der Waals surface area contributed by atoms with E-state index >= 15 is 0 Å². The van der Waals surface area contributed by atoms with E-state index in [2.05, 4.69) is 17.4 Å². The Labute approximate surface area is 132 Å². The molecule has 1 saturated heterocycles. The molecule has 1 aliphatic heterocycles. The van der Waals surface area contributed by atoms with E-state index < -0.39 is 0 Å². The lowest BCUT2D eigenvalue weighted by atomic mass is 9.84. The van der Waals surface area contributed by atoms with Crippen molar-refractivity contribution in [3.05, 3.63) is 18.0 Å². The maximum absolute atomic E-state index is 12.4. The molecule has 2 aliphatic rings. The maximum atomic E-state index is 12.4. The summed E-state index contributed by atoms with van der Waals surface area (Å²) in [5.74, 6) is 1.30. The van der Waals surface area contributed by atoms with E-state index in [9.17, 15) is 4.79 Å². The molecule has 0 aromatic carbocycles. The monoisotopic (exact) mass is 305 g/mol. The molecule has 1 saturated carbocycles. The van der Waals surface area contributed by atoms with Gasteiger partial charge >= 0.3 is 6.03 Å². The van der Waals surface area contributed by atoms with Crippen molar-refractivity contribution in [2.75, 3.05) is 13.1 Å². The van der Waals surface area contributed by atoms with Crippen LogP contribution in [0.4, 0.5) is 4.79 Å². The lowest BCUT2D eigenvalue weighted by Gasteiger charge is -2.34. The molecule has 0 bridgehead atoms. The van der Waals surface area contributed by atoms with Gasteiger partial charge in [-0.2, -0.15) is 0 Å². The molecule has 0 atom stereocenters. The van der Waals surface area contributed by atoms with Crippen molar-refractivity contribution in [2.24, 2.45) is 5.92 Å². The molecule has 1 aromatic rings. The lowest BCUT2D eigenvalue weighted by Crippen LogP contribution is -2.48. The second-order valence-corrected chi connectivity index (χ2v) is 6.76. The first-order valence-corrected chi connectivity index (χ1v) is 8.72. The van der Waals surface area contributed by atoms with E-state index in [4.69, 9.17) is 4.52 Å². The molecule has 1 aromatic heterocycles. The quantitative estimate of drug-likeness (QED) is 0.929. The molecule has 0 radical (unpaired) electrons. The highest BCUT2D eigenvalue weighted by Gasteiger charge is 2.27. The Balaban J connectivity index is 1.42. The summed E-state index contributed by atoms with van der Waals surface area (Å²) >= 11 is 0. The molecule has 5 nitrogen and oxygen atoms in total. The summed E-state index contributed by atoms with van der Waals surface area (Å²) < 4.78 is 4.92. The van der Waals surface area contributed by atoms with Gasteiger partial charge in [-0.25, -0.2) is 4.79 Å². The molecule has 122 valence electrons. The third-order valence-corrected chi connectivity index (χ3v) is 5.41. The Hall–Kier alpha value is -1.52. The number of piperidine rings is 1. The van der Waals surface area contributed by atoms with E-state index in [1.165, 1.54) is 19.3 Å². The van der Waals surface area contributed by atoms with Crippen LogP contribution < -0.4 is 5.32 Å². The summed E-state index contributed by atoms with van der Waals surface area (Å²) in [4.78, 5) is 14.4. The van der Waals surface area contributed by atoms with Crippen LogP contribution in [-0.4, -0.2) is 35.2 Å². The van der Waals surface area contributed by atoms with Crippen molar-refractivity contribution in [1.29, 1.82) is 0 Å². The summed E-state index contributed by atoms with van der Waals surface area (Å²) in [5.41, 5.74) is 1.03. The Morgan fingerprint density at radius 3 is 2.59 bits per heavy atom. The molecule has 3 rings (SSSR count). The van der Waals surface area contributed by atoms with Crippen molar-refractivity contribution in [3.8, 4) is 0 Å². The Bertz CT molecular complexity index is 458. The summed E-state index contributed by atoms with van der Waals surface area (Å²) in [6.07, 6.45) is 9.65. The molecular weight excluding hydrogens is 278 g/mol. The van der Waals surface area contributed by atoms with Crippen molar-refractivity contribution >= 4 is 6.03 Å². The third kappa shape index (κ3) is 3.62. The van der Waals surface area contributed by atoms with Crippen molar-refractivity contribution in [1.82, 2.24) is 15.4 Å². The molecular formula is C17H27N3O2. The predicted octanol–water partition coefficient (Wildman–Crippen LogP) is 3.53. The molecule has 1 N–H and O–H groups in total. The summed E-state index contributed by atoms with van der Waals surface area (Å²) in [5, 5.41) is 7.26. The van der Waals surface area contributed by atoms with E-state index in [0.717, 1.165) is 50.4 Å². The predicted molar refractivity (Wildman–Crippen MR) is 84.6 cm³/mol. The molecule has 5 heteroatoms. The number of aromatic nitrogens is 1. The van der Waals surface area contributed by atoms with E-state index in [1.807, 2.05) is 11.0 Å². The van der Waals surface area contributed by atoms with Gasteiger partial charge in [-0.1, -0.05) is 18.5 Å². The van der Waals surface area contributed by atoms with Gasteiger partial charge in [0.2, 0.25) is 0 Å². The lowest BCUT2D eigenvalue weighted by molar-refractivity contribution is 0.170. The number of rotatable bonds is 3. The van der Waals surface area contributed by atoms with Gasteiger partial charge in [0.1, 0.15) is 6.26 Å². The van der Waals surface area contributed by atoms with Crippen LogP contribution in [0, 0.1) is 5.92 Å². The third-order valence-electron chi connectivity index (χ3n) is 5.41. The molecule has 1 aliphatic carbocycles. The SMILES string of the molecule is CCC1CCC(NC(=O)N2CCC(c3ccon3)CC2)CC1. The standard InChI is InChI=1S/C17H27N3O2/c1-2-13-3-5-15(6-4-13)18-17(21)20-10-7-14(8-11-20)16-9-12-22-19-16/h9,12-15H,2-8,10-11H2,1H3,(H,18,21). The van der Waals surface area contributed by atoms with E-state index in [1.54, 1.807) is 6.26 Å². The molecule has 2 heterocycles. The highest BCUT2D eigenvalue weighted by molar-refractivity contribution is 5.74. The second kappa shape index (κ2) is 7.16. The van der Waals surface area contributed by atoms with Gasteiger partial charge in [0.15, 0.2) is 0 Å². The minimum absolute atomic E-state index is 0.124. The Morgan fingerprint density at radius 2 is 2.00 bits per heavy atom. The number of nitrogens with one attached hydrogen (secondary N) is 1. The van der Waals surface area contributed by atoms with Gasteiger partial charge in [0.25, 0.3) is 0 Å². The average Bonchev–Trinajstić information content (AvgIpc) is 3.10. The normalized spacial score (nSPS) is 26.9. The van der Waals surface area contributed by atoms with Crippen LogP contribution in [0.15, 0.2) is 16.9 Å². The first-order valence-electron chi connectivity index (χ1n) is 8.72. The zero-order chi connectivity index (χ0) is 15.4. The fraction of sp³-hybridized carbons (Fsp3) is 0.765. The minimum Gasteiger partial charge on any atom is -0.365 e. The number of nitrogens with zero attached hydrogens (tertiary/aromatic N) is 2. The topological polar surface area (TPSA) is 58.4 Å². The molecule has 0 unspecified atom stereocenters. The smallest absolute Gasteiger partial charge is 0.317 e. The zero-order valence-corrected chi connectivity index (χ0v) is 13.5. The summed E-state index contributed by atoms with van der Waals surface area (Å²) in [6, 6.07) is 2.44. The Kier molecular flexibility index (Phi) is 5.01. The molecule has 22 heavy (non-hydrogen) atoms. The minimum atomic E-state index is 0.124. The van der Waals surface area contributed by atoms with Crippen LogP contribution in [0.5, 0.6) is 0 Å². The van der Waals surface area contributed by atoms with Crippen LogP contribution in [0.1, 0.15) is 63.5 Å². The van der Waals surface area contributed by atoms with E-state index in [-0.39, 0.29) is 6.03 Å². The number of hydrogen-bond donors (Lipinski definition) is 1. The number of carbonyl (C=O) groups is 1. The fourth-order valence-electron chi connectivity index (χ4n) is 3.79. The number of hydrogen-bond acceptors (Lipinski definition) is 3. The van der Waals surface area contributed by atoms with Gasteiger partial charge in [-0.05, 0) is 44.4 Å². The zero-order valence-electron chi connectivity index (χ0n) is 13.5. The molecule has 0 spiro atoms. The number of carbonyl (C=O) groups excluding carboxylic acids is 1. The second-order valence-electron chi connectivity index (χ2n) is 6.76. The van der Waals surface area contributed by atoms with Gasteiger partial charge in [-0.15, -0.1) is 0 Å². The number of amides is 2. The number of urea groups is 1. The van der Waals surface area contributed by atoms with Crippen LogP contribution in [0.2, 0.25) is 0 Å². The Morgan fingerprint density at radius 1 is 1.27 bits per heavy atom. The van der Waals surface area contributed by atoms with E-state index in [0.29, 0.717) is 12.0 Å². The first-order chi connectivity index (χ1) is 10.8. The van der Waals surface area contributed by atoms with Crippen molar-refractivity contribution < 1.29 is 9.32 Å². The molecule has 2 fully saturated rings. The summed E-state index contributed by atoms with van der Waals surface area (Å²) in [7, 11) is 0. The van der Waals surface area contributed by atoms with Crippen molar-refractivity contribution in [2.45, 2.75) is 63.8 Å². The highest BCUT2D eigenvalue weighted by atomic mass is 16.5. The average molecular weight is 305 g/mol. The van der Waals surface area contributed by atoms with Crippen LogP contribution in [0.3, 0.4) is 0 Å². The largest absolute Gasteiger partial charge is 0.365 e. The van der Waals surface area contributed by atoms with Gasteiger partial charge in [-0.3, -0.25) is 0 Å². The van der Waals surface area contributed by atoms with Gasteiger partial charge in [0, 0.05) is 31.1 Å². The fourth-order valence-corrected chi connectivity index (χ4v) is 3.79. The van der Waals surface area contributed by atoms with Crippen molar-refractivity contribution in [3.63, 3.8) is 0 Å². The summed E-state index contributed by atoms with van der Waals surface area (Å²) in [6.45, 7) is 3.89. The van der Waals surface area contributed by atoms with Gasteiger partial charge < -0.3 is 14.7 Å².